The molecule has 0 aliphatic rings. The van der Waals surface area contributed by atoms with Crippen molar-refractivity contribution in [3.63, 3.8) is 0 Å². The summed E-state index contributed by atoms with van der Waals surface area (Å²) in [7, 11) is 0. The van der Waals surface area contributed by atoms with E-state index in [1.165, 1.54) is 12.1 Å². The normalized spacial score (nSPS) is 12.2. The molecule has 0 saturated carbocycles. The van der Waals surface area contributed by atoms with E-state index in [1.807, 2.05) is 6.92 Å². The summed E-state index contributed by atoms with van der Waals surface area (Å²) in [6.45, 7) is 4.04. The number of rotatable bonds is 4. The molecule has 0 saturated heterocycles. The molecule has 0 spiro atoms. The Morgan fingerprint density at radius 1 is 1.44 bits per heavy atom. The second kappa shape index (κ2) is 6.06. The number of pyridine rings is 1. The molecule has 1 heterocycles. The van der Waals surface area contributed by atoms with E-state index in [9.17, 15) is 4.79 Å². The average Bonchev–Trinajstić information content (AvgIpc) is 2.16. The summed E-state index contributed by atoms with van der Waals surface area (Å²) in [6, 6.07) is 3.14. The van der Waals surface area contributed by atoms with Gasteiger partial charge >= 0.3 is 0 Å². The highest BCUT2D eigenvalue weighted by atomic mass is 35.5. The van der Waals surface area contributed by atoms with E-state index in [4.69, 9.17) is 23.2 Å². The molecule has 0 bridgehead atoms. The van der Waals surface area contributed by atoms with Crippen LogP contribution >= 0.6 is 23.2 Å². The Kier molecular flexibility index (Phi) is 5.03. The van der Waals surface area contributed by atoms with Gasteiger partial charge in [-0.15, -0.1) is 0 Å². The van der Waals surface area contributed by atoms with Crippen LogP contribution in [0.4, 0.5) is 0 Å². The van der Waals surface area contributed by atoms with Crippen LogP contribution in [0.5, 0.6) is 0 Å². The van der Waals surface area contributed by atoms with Crippen molar-refractivity contribution in [2.75, 3.05) is 0 Å². The zero-order valence-electron chi connectivity index (χ0n) is 9.26. The van der Waals surface area contributed by atoms with Gasteiger partial charge in [0.25, 0.3) is 5.91 Å². The highest BCUT2D eigenvalue weighted by Crippen LogP contribution is 2.14. The van der Waals surface area contributed by atoms with Crippen LogP contribution in [0, 0.1) is 0 Å². The third-order valence-corrected chi connectivity index (χ3v) is 2.51. The van der Waals surface area contributed by atoms with Crippen molar-refractivity contribution in [2.24, 2.45) is 0 Å². The highest BCUT2D eigenvalue weighted by Gasteiger charge is 2.11. The van der Waals surface area contributed by atoms with Gasteiger partial charge in [-0.3, -0.25) is 4.79 Å². The molecular formula is C11H14Cl2N2O. The maximum absolute atomic E-state index is 11.8. The van der Waals surface area contributed by atoms with E-state index in [1.54, 1.807) is 0 Å². The standard InChI is InChI=1S/C11H14Cl2N2O/c1-3-4-7(2)14-11(16)8-5-9(12)15-10(13)6-8/h5-7H,3-4H2,1-2H3,(H,14,16). The van der Waals surface area contributed by atoms with Gasteiger partial charge in [0, 0.05) is 11.6 Å². The summed E-state index contributed by atoms with van der Waals surface area (Å²) >= 11 is 11.4. The van der Waals surface area contributed by atoms with Gasteiger partial charge in [-0.2, -0.15) is 0 Å². The zero-order valence-corrected chi connectivity index (χ0v) is 10.8. The number of carbonyl (C=O) groups is 1. The molecule has 0 fully saturated rings. The van der Waals surface area contributed by atoms with Crippen molar-refractivity contribution in [3.05, 3.63) is 28.0 Å². The topological polar surface area (TPSA) is 42.0 Å². The molecule has 0 aliphatic carbocycles. The first-order chi connectivity index (χ1) is 7.52. The third-order valence-electron chi connectivity index (χ3n) is 2.12. The third kappa shape index (κ3) is 3.99. The Morgan fingerprint density at radius 2 is 2.00 bits per heavy atom. The molecule has 1 aromatic heterocycles. The Balaban J connectivity index is 2.72. The van der Waals surface area contributed by atoms with Crippen LogP contribution in [-0.4, -0.2) is 16.9 Å². The van der Waals surface area contributed by atoms with Crippen LogP contribution in [0.15, 0.2) is 12.1 Å². The summed E-state index contributed by atoms with van der Waals surface area (Å²) in [4.78, 5) is 15.6. The van der Waals surface area contributed by atoms with E-state index in [0.717, 1.165) is 12.8 Å². The van der Waals surface area contributed by atoms with E-state index < -0.39 is 0 Å². The van der Waals surface area contributed by atoms with Crippen LogP contribution in [0.25, 0.3) is 0 Å². The quantitative estimate of drug-likeness (QED) is 0.845. The number of nitrogens with one attached hydrogen (secondary N) is 1. The summed E-state index contributed by atoms with van der Waals surface area (Å²) in [5, 5.41) is 3.31. The van der Waals surface area contributed by atoms with Gasteiger partial charge in [-0.25, -0.2) is 4.98 Å². The van der Waals surface area contributed by atoms with Crippen molar-refractivity contribution in [2.45, 2.75) is 32.7 Å². The lowest BCUT2D eigenvalue weighted by molar-refractivity contribution is 0.0938. The summed E-state index contributed by atoms with van der Waals surface area (Å²) in [5.41, 5.74) is 0.438. The smallest absolute Gasteiger partial charge is 0.251 e. The number of nitrogens with zero attached hydrogens (tertiary/aromatic N) is 1. The molecule has 0 radical (unpaired) electrons. The van der Waals surface area contributed by atoms with Crippen LogP contribution in [-0.2, 0) is 0 Å². The second-order valence-corrected chi connectivity index (χ2v) is 4.44. The molecule has 0 aromatic carbocycles. The van der Waals surface area contributed by atoms with E-state index in [-0.39, 0.29) is 22.3 Å². The Morgan fingerprint density at radius 3 is 2.50 bits per heavy atom. The highest BCUT2D eigenvalue weighted by molar-refractivity contribution is 6.33. The lowest BCUT2D eigenvalue weighted by atomic mass is 10.2. The fourth-order valence-electron chi connectivity index (χ4n) is 1.41. The molecule has 1 amide bonds. The average molecular weight is 261 g/mol. The van der Waals surface area contributed by atoms with Crippen molar-refractivity contribution in [1.82, 2.24) is 10.3 Å². The van der Waals surface area contributed by atoms with Gasteiger partial charge in [0.05, 0.1) is 0 Å². The van der Waals surface area contributed by atoms with Crippen LogP contribution < -0.4 is 5.32 Å². The van der Waals surface area contributed by atoms with Gasteiger partial charge in [-0.05, 0) is 25.5 Å². The maximum atomic E-state index is 11.8. The number of hydrogen-bond donors (Lipinski definition) is 1. The predicted octanol–water partition coefficient (Wildman–Crippen LogP) is 3.31. The van der Waals surface area contributed by atoms with Crippen LogP contribution in [0.3, 0.4) is 0 Å². The molecule has 0 aliphatic heterocycles. The molecule has 88 valence electrons. The van der Waals surface area contributed by atoms with E-state index >= 15 is 0 Å². The van der Waals surface area contributed by atoms with Gasteiger partial charge in [0.1, 0.15) is 10.3 Å². The molecule has 1 rings (SSSR count). The number of hydrogen-bond acceptors (Lipinski definition) is 2. The van der Waals surface area contributed by atoms with Gasteiger partial charge in [0.2, 0.25) is 0 Å². The molecule has 3 nitrogen and oxygen atoms in total. The van der Waals surface area contributed by atoms with Crippen LogP contribution in [0.1, 0.15) is 37.0 Å². The van der Waals surface area contributed by atoms with Crippen molar-refractivity contribution in [1.29, 1.82) is 0 Å². The van der Waals surface area contributed by atoms with E-state index in [2.05, 4.69) is 17.2 Å². The molecule has 16 heavy (non-hydrogen) atoms. The lowest BCUT2D eigenvalue weighted by Gasteiger charge is -2.12. The first kappa shape index (κ1) is 13.3. The fraction of sp³-hybridized carbons (Fsp3) is 0.455. The summed E-state index contributed by atoms with van der Waals surface area (Å²) < 4.78 is 0. The lowest BCUT2D eigenvalue weighted by Crippen LogP contribution is -2.32. The number of carbonyl (C=O) groups excluding carboxylic acids is 1. The largest absolute Gasteiger partial charge is 0.350 e. The molecular weight excluding hydrogens is 247 g/mol. The zero-order chi connectivity index (χ0) is 12.1. The van der Waals surface area contributed by atoms with Gasteiger partial charge < -0.3 is 5.32 Å². The molecule has 1 unspecified atom stereocenters. The number of amides is 1. The first-order valence-corrected chi connectivity index (χ1v) is 5.92. The number of aromatic nitrogens is 1. The molecule has 1 N–H and O–H groups in total. The Hall–Kier alpha value is -0.800. The predicted molar refractivity (Wildman–Crippen MR) is 66.1 cm³/mol. The number of halogens is 2. The Labute approximate surface area is 105 Å². The maximum Gasteiger partial charge on any atom is 0.251 e. The Bertz CT molecular complexity index is 362. The van der Waals surface area contributed by atoms with Gasteiger partial charge in [-0.1, -0.05) is 36.5 Å². The minimum absolute atomic E-state index is 0.142. The summed E-state index contributed by atoms with van der Waals surface area (Å²) in [6.07, 6.45) is 1.97. The summed E-state index contributed by atoms with van der Waals surface area (Å²) in [5.74, 6) is -0.174. The fourth-order valence-corrected chi connectivity index (χ4v) is 1.87. The monoisotopic (exact) mass is 260 g/mol. The molecule has 5 heteroatoms. The second-order valence-electron chi connectivity index (χ2n) is 3.66. The first-order valence-electron chi connectivity index (χ1n) is 5.17. The van der Waals surface area contributed by atoms with Gasteiger partial charge in [0.15, 0.2) is 0 Å². The van der Waals surface area contributed by atoms with Crippen LogP contribution in [0.2, 0.25) is 10.3 Å². The van der Waals surface area contributed by atoms with Crippen molar-refractivity contribution < 1.29 is 4.79 Å². The minimum Gasteiger partial charge on any atom is -0.350 e. The minimum atomic E-state index is -0.174. The molecule has 1 atom stereocenters. The van der Waals surface area contributed by atoms with Crippen molar-refractivity contribution >= 4 is 29.1 Å². The van der Waals surface area contributed by atoms with E-state index in [0.29, 0.717) is 5.56 Å². The SMILES string of the molecule is CCCC(C)NC(=O)c1cc(Cl)nc(Cl)c1. The molecule has 1 aromatic rings. The van der Waals surface area contributed by atoms with Crippen molar-refractivity contribution in [3.8, 4) is 0 Å².